The Morgan fingerprint density at radius 3 is 2.50 bits per heavy atom. The average molecular weight is 405 g/mol. The highest BCUT2D eigenvalue weighted by atomic mass is 32.2. The third-order valence-corrected chi connectivity index (χ3v) is 6.93. The molecule has 2 aromatic rings. The van der Waals surface area contributed by atoms with Gasteiger partial charge in [0.05, 0.1) is 10.8 Å². The van der Waals surface area contributed by atoms with Crippen LogP contribution in [0.4, 0.5) is 10.1 Å². The van der Waals surface area contributed by atoms with Crippen molar-refractivity contribution in [2.24, 2.45) is 5.92 Å². The highest BCUT2D eigenvalue weighted by Crippen LogP contribution is 2.27. The number of sulfonamides is 1. The highest BCUT2D eigenvalue weighted by molar-refractivity contribution is 7.89. The second-order valence-electron chi connectivity index (χ2n) is 7.39. The van der Waals surface area contributed by atoms with Crippen LogP contribution in [0.5, 0.6) is 0 Å². The molecule has 1 fully saturated rings. The maximum Gasteiger partial charge on any atom is 0.243 e. The zero-order chi connectivity index (χ0) is 20.3. The zero-order valence-corrected chi connectivity index (χ0v) is 16.9. The molecule has 0 aromatic heterocycles. The molecule has 1 N–H and O–H groups in total. The van der Waals surface area contributed by atoms with E-state index in [0.29, 0.717) is 19.4 Å². The minimum absolute atomic E-state index is 0.0418. The zero-order valence-electron chi connectivity index (χ0n) is 16.1. The molecule has 7 heteroatoms. The molecule has 1 amide bonds. The Kier molecular flexibility index (Phi) is 6.15. The number of nitrogens with one attached hydrogen (secondary N) is 1. The summed E-state index contributed by atoms with van der Waals surface area (Å²) < 4.78 is 40.1. The van der Waals surface area contributed by atoms with Gasteiger partial charge >= 0.3 is 0 Å². The first-order valence-electron chi connectivity index (χ1n) is 9.44. The van der Waals surface area contributed by atoms with Crippen LogP contribution in [0.1, 0.15) is 38.2 Å². The molecule has 0 bridgehead atoms. The quantitative estimate of drug-likeness (QED) is 0.819. The Balaban J connectivity index is 1.74. The molecule has 1 aliphatic rings. The summed E-state index contributed by atoms with van der Waals surface area (Å²) >= 11 is 0. The summed E-state index contributed by atoms with van der Waals surface area (Å²) in [6, 6.07) is 12.4. The largest absolute Gasteiger partial charge is 0.326 e. The van der Waals surface area contributed by atoms with Crippen LogP contribution in [0.3, 0.4) is 0 Å². The minimum atomic E-state index is -3.75. The first-order chi connectivity index (χ1) is 13.3. The SMILES string of the molecule is CC(C)c1ccccc1NC(=O)C1CCCN(S(=O)(=O)c2ccc(F)cc2)C1. The van der Waals surface area contributed by atoms with Gasteiger partial charge in [-0.1, -0.05) is 32.0 Å². The van der Waals surface area contributed by atoms with Crippen LogP contribution in [0.25, 0.3) is 0 Å². The summed E-state index contributed by atoms with van der Waals surface area (Å²) in [4.78, 5) is 12.9. The van der Waals surface area contributed by atoms with Gasteiger partial charge in [0.1, 0.15) is 5.82 Å². The lowest BCUT2D eigenvalue weighted by Gasteiger charge is -2.31. The molecule has 3 rings (SSSR count). The number of carbonyl (C=O) groups excluding carboxylic acids is 1. The lowest BCUT2D eigenvalue weighted by molar-refractivity contribution is -0.120. The van der Waals surface area contributed by atoms with Crippen molar-refractivity contribution in [2.45, 2.75) is 37.5 Å². The van der Waals surface area contributed by atoms with Crippen molar-refractivity contribution >= 4 is 21.6 Å². The molecular formula is C21H25FN2O3S. The predicted molar refractivity (Wildman–Crippen MR) is 107 cm³/mol. The van der Waals surface area contributed by atoms with Gasteiger partial charge in [-0.15, -0.1) is 0 Å². The van der Waals surface area contributed by atoms with E-state index in [-0.39, 0.29) is 23.3 Å². The summed E-state index contributed by atoms with van der Waals surface area (Å²) in [5.74, 6) is -0.826. The topological polar surface area (TPSA) is 66.5 Å². The number of piperidine rings is 1. The molecule has 1 heterocycles. The fraction of sp³-hybridized carbons (Fsp3) is 0.381. The number of benzene rings is 2. The number of rotatable bonds is 5. The average Bonchev–Trinajstić information content (AvgIpc) is 2.68. The second kappa shape index (κ2) is 8.41. The summed E-state index contributed by atoms with van der Waals surface area (Å²) in [5, 5.41) is 2.97. The molecule has 0 aliphatic carbocycles. The van der Waals surface area contributed by atoms with Crippen molar-refractivity contribution in [1.82, 2.24) is 4.31 Å². The molecule has 150 valence electrons. The van der Waals surface area contributed by atoms with Crippen molar-refractivity contribution in [3.8, 4) is 0 Å². The van der Waals surface area contributed by atoms with Crippen LogP contribution in [-0.2, 0) is 14.8 Å². The van der Waals surface area contributed by atoms with Crippen LogP contribution in [0.2, 0.25) is 0 Å². The van der Waals surface area contributed by atoms with E-state index in [1.165, 1.54) is 16.4 Å². The summed E-state index contributed by atoms with van der Waals surface area (Å²) in [5.41, 5.74) is 1.81. The molecule has 0 radical (unpaired) electrons. The van der Waals surface area contributed by atoms with Crippen molar-refractivity contribution in [1.29, 1.82) is 0 Å². The Labute approximate surface area is 165 Å². The van der Waals surface area contributed by atoms with E-state index >= 15 is 0 Å². The van der Waals surface area contributed by atoms with Gasteiger partial charge in [0.25, 0.3) is 0 Å². The van der Waals surface area contributed by atoms with E-state index in [1.807, 2.05) is 24.3 Å². The number of para-hydroxylation sites is 1. The van der Waals surface area contributed by atoms with Crippen LogP contribution in [0, 0.1) is 11.7 Å². The van der Waals surface area contributed by atoms with Gasteiger partial charge in [0.2, 0.25) is 15.9 Å². The fourth-order valence-electron chi connectivity index (χ4n) is 3.48. The molecule has 0 saturated carbocycles. The van der Waals surface area contributed by atoms with E-state index in [0.717, 1.165) is 23.4 Å². The Morgan fingerprint density at radius 1 is 1.14 bits per heavy atom. The van der Waals surface area contributed by atoms with Gasteiger partial charge in [-0.25, -0.2) is 12.8 Å². The monoisotopic (exact) mass is 404 g/mol. The van der Waals surface area contributed by atoms with Gasteiger partial charge < -0.3 is 5.32 Å². The first-order valence-corrected chi connectivity index (χ1v) is 10.9. The number of anilines is 1. The van der Waals surface area contributed by atoms with Gasteiger partial charge in [-0.05, 0) is 54.7 Å². The van der Waals surface area contributed by atoms with Crippen molar-refractivity contribution in [3.63, 3.8) is 0 Å². The van der Waals surface area contributed by atoms with Crippen LogP contribution in [-0.4, -0.2) is 31.7 Å². The first kappa shape index (κ1) is 20.5. The number of carbonyl (C=O) groups is 1. The summed E-state index contributed by atoms with van der Waals surface area (Å²) in [6.07, 6.45) is 1.23. The predicted octanol–water partition coefficient (Wildman–Crippen LogP) is 3.99. The molecular weight excluding hydrogens is 379 g/mol. The normalized spacial score (nSPS) is 18.2. The minimum Gasteiger partial charge on any atom is -0.326 e. The van der Waals surface area contributed by atoms with E-state index in [4.69, 9.17) is 0 Å². The summed E-state index contributed by atoms with van der Waals surface area (Å²) in [6.45, 7) is 4.59. The molecule has 5 nitrogen and oxygen atoms in total. The number of nitrogens with zero attached hydrogens (tertiary/aromatic N) is 1. The molecule has 1 saturated heterocycles. The van der Waals surface area contributed by atoms with Crippen molar-refractivity contribution in [3.05, 3.63) is 59.9 Å². The van der Waals surface area contributed by atoms with Crippen LogP contribution >= 0.6 is 0 Å². The standard InChI is InChI=1S/C21H25FN2O3S/c1-15(2)19-7-3-4-8-20(19)23-21(25)16-6-5-13-24(14-16)28(26,27)18-11-9-17(22)10-12-18/h3-4,7-12,15-16H,5-6,13-14H2,1-2H3,(H,23,25). The summed E-state index contributed by atoms with van der Waals surface area (Å²) in [7, 11) is -3.75. The molecule has 2 aromatic carbocycles. The van der Waals surface area contributed by atoms with Gasteiger partial charge in [-0.3, -0.25) is 4.79 Å². The van der Waals surface area contributed by atoms with Crippen molar-refractivity contribution < 1.29 is 17.6 Å². The Bertz CT molecular complexity index is 942. The van der Waals surface area contributed by atoms with Crippen molar-refractivity contribution in [2.75, 3.05) is 18.4 Å². The molecule has 1 atom stereocenters. The third kappa shape index (κ3) is 4.42. The second-order valence-corrected chi connectivity index (χ2v) is 9.33. The maximum atomic E-state index is 13.1. The molecule has 1 aliphatic heterocycles. The Morgan fingerprint density at radius 2 is 1.82 bits per heavy atom. The number of hydrogen-bond acceptors (Lipinski definition) is 3. The van der Waals surface area contributed by atoms with Crippen LogP contribution in [0.15, 0.2) is 53.4 Å². The number of halogens is 1. The van der Waals surface area contributed by atoms with E-state index in [2.05, 4.69) is 19.2 Å². The van der Waals surface area contributed by atoms with Gasteiger partial charge in [0.15, 0.2) is 0 Å². The molecule has 28 heavy (non-hydrogen) atoms. The fourth-order valence-corrected chi connectivity index (χ4v) is 5.00. The molecule has 1 unspecified atom stereocenters. The van der Waals surface area contributed by atoms with E-state index < -0.39 is 21.8 Å². The number of hydrogen-bond donors (Lipinski definition) is 1. The Hall–Kier alpha value is -2.25. The smallest absolute Gasteiger partial charge is 0.243 e. The van der Waals surface area contributed by atoms with Gasteiger partial charge in [-0.2, -0.15) is 4.31 Å². The maximum absolute atomic E-state index is 13.1. The van der Waals surface area contributed by atoms with E-state index in [9.17, 15) is 17.6 Å². The third-order valence-electron chi connectivity index (χ3n) is 5.05. The lowest BCUT2D eigenvalue weighted by Crippen LogP contribution is -2.43. The van der Waals surface area contributed by atoms with Gasteiger partial charge in [0, 0.05) is 18.8 Å². The molecule has 0 spiro atoms. The highest BCUT2D eigenvalue weighted by Gasteiger charge is 2.33. The van der Waals surface area contributed by atoms with E-state index in [1.54, 1.807) is 0 Å². The number of amides is 1. The van der Waals surface area contributed by atoms with Crippen LogP contribution < -0.4 is 5.32 Å². The lowest BCUT2D eigenvalue weighted by atomic mass is 9.97.